The van der Waals surface area contributed by atoms with Crippen LogP contribution in [0.1, 0.15) is 310 Å². The fraction of sp³-hybridized carbons (Fsp3) is 0.778. The van der Waals surface area contributed by atoms with Gasteiger partial charge >= 0.3 is 5.97 Å². The minimum Gasteiger partial charge on any atom is -0.756 e. The molecule has 9 nitrogen and oxygen atoms in total. The second kappa shape index (κ2) is 61.3. The van der Waals surface area contributed by atoms with Crippen molar-refractivity contribution >= 4 is 19.7 Å². The maximum atomic E-state index is 13.6. The lowest BCUT2D eigenvalue weighted by molar-refractivity contribution is -0.870. The number of phosphoric ester groups is 1. The summed E-state index contributed by atoms with van der Waals surface area (Å²) >= 11 is 0. The van der Waals surface area contributed by atoms with E-state index < -0.39 is 26.6 Å². The van der Waals surface area contributed by atoms with Crippen molar-refractivity contribution in [3.8, 4) is 0 Å². The molecule has 0 fully saturated rings. The molecule has 0 spiro atoms. The van der Waals surface area contributed by atoms with Crippen molar-refractivity contribution in [3.05, 3.63) is 85.1 Å². The largest absolute Gasteiger partial charge is 0.756 e. The van der Waals surface area contributed by atoms with E-state index in [1.54, 1.807) is 0 Å². The normalized spacial score (nSPS) is 14.1. The molecule has 0 saturated carbocycles. The number of amides is 1. The summed E-state index contributed by atoms with van der Waals surface area (Å²) in [4.78, 5) is 40.1. The Morgan fingerprint density at radius 1 is 0.439 bits per heavy atom. The van der Waals surface area contributed by atoms with Crippen LogP contribution in [0, 0.1) is 0 Å². The second-order valence-electron chi connectivity index (χ2n) is 24.3. The number of allylic oxidation sites excluding steroid dienone is 13. The molecular weight excluding hydrogens is 1040 g/mol. The first-order valence-corrected chi connectivity index (χ1v) is 35.9. The molecule has 3 atom stereocenters. The summed E-state index contributed by atoms with van der Waals surface area (Å²) in [5, 5.41) is 3.03. The van der Waals surface area contributed by atoms with Crippen LogP contribution >= 0.6 is 7.82 Å². The van der Waals surface area contributed by atoms with Crippen molar-refractivity contribution in [2.45, 2.75) is 322 Å². The molecule has 0 aliphatic carbocycles. The molecule has 1 amide bonds. The molecule has 10 heteroatoms. The molecule has 0 radical (unpaired) electrons. The van der Waals surface area contributed by atoms with Crippen molar-refractivity contribution in [1.82, 2.24) is 5.32 Å². The Bertz CT molecular complexity index is 1680. The van der Waals surface area contributed by atoms with Gasteiger partial charge in [0.2, 0.25) is 5.91 Å². The number of likely N-dealkylation sites (N-methyl/N-ethyl adjacent to an activating group) is 1. The van der Waals surface area contributed by atoms with Gasteiger partial charge in [-0.25, -0.2) is 0 Å². The quantitative estimate of drug-likeness (QED) is 0.0212. The van der Waals surface area contributed by atoms with E-state index in [0.717, 1.165) is 122 Å². The summed E-state index contributed by atoms with van der Waals surface area (Å²) in [7, 11) is 1.17. The third-order valence-electron chi connectivity index (χ3n) is 15.1. The summed E-state index contributed by atoms with van der Waals surface area (Å²) in [5.41, 5.74) is 0. The zero-order valence-corrected chi connectivity index (χ0v) is 55.3. The molecule has 476 valence electrons. The molecule has 0 aliphatic rings. The number of nitrogens with one attached hydrogen (secondary N) is 1. The van der Waals surface area contributed by atoms with Gasteiger partial charge < -0.3 is 28.5 Å². The lowest BCUT2D eigenvalue weighted by Gasteiger charge is -2.30. The lowest BCUT2D eigenvalue weighted by Crippen LogP contribution is -2.47. The topological polar surface area (TPSA) is 114 Å². The summed E-state index contributed by atoms with van der Waals surface area (Å²) in [6.45, 7) is 6.75. The molecule has 1 N–H and O–H groups in total. The minimum atomic E-state index is -4.71. The maximum Gasteiger partial charge on any atom is 0.306 e. The standard InChI is InChI=1S/C72H131N2O7P/c1-7-10-13-16-19-22-25-28-30-32-34-35-36-37-38-39-41-42-44-46-49-52-55-58-61-64-71(75)73-69(68-80-82(77,78)79-67-66-74(4,5)6)70(63-60-57-54-51-48-27-24-21-18-15-12-9-3)81-72(76)65-62-59-56-53-50-47-45-43-40-33-31-29-26-23-20-17-14-11-8-2/h10,13,19,22,28,30,34-35,37-38,41-42,60,63,69-70H,7-9,11-12,14-18,20-21,23-27,29,31-33,36,39-40,43-59,61-62,64-68H2,1-6H3,(H-,73,75,77,78)/b13-10-,22-19-,30-28-,35-34-,38-37-,42-41-,63-60-. The zero-order valence-electron chi connectivity index (χ0n) is 54.4. The highest BCUT2D eigenvalue weighted by Gasteiger charge is 2.27. The number of phosphoric acid groups is 1. The van der Waals surface area contributed by atoms with E-state index in [-0.39, 0.29) is 24.9 Å². The van der Waals surface area contributed by atoms with Crippen molar-refractivity contribution in [3.63, 3.8) is 0 Å². The fourth-order valence-corrected chi connectivity index (χ4v) is 10.5. The van der Waals surface area contributed by atoms with E-state index in [1.807, 2.05) is 33.3 Å². The highest BCUT2D eigenvalue weighted by atomic mass is 31.2. The minimum absolute atomic E-state index is 0.0274. The SMILES string of the molecule is CC/C=C\C/C=C\C/C=C\C/C=C\C/C=C\C/C=C\CCCCCCCCC(=O)NC(COP(=O)([O-])OCC[N+](C)(C)C)C(/C=C\CCCCCCCCCCCC)OC(=O)CCCCCCCCCCCCCCCCCCCCC. The van der Waals surface area contributed by atoms with E-state index in [4.69, 9.17) is 13.8 Å². The second-order valence-corrected chi connectivity index (χ2v) is 25.7. The number of hydrogen-bond donors (Lipinski definition) is 1. The van der Waals surface area contributed by atoms with Crippen LogP contribution in [0.25, 0.3) is 0 Å². The molecule has 3 unspecified atom stereocenters. The Morgan fingerprint density at radius 2 is 0.780 bits per heavy atom. The first-order valence-electron chi connectivity index (χ1n) is 34.4. The molecule has 0 heterocycles. The van der Waals surface area contributed by atoms with Crippen molar-refractivity contribution in [2.75, 3.05) is 40.9 Å². The fourth-order valence-electron chi connectivity index (χ4n) is 9.82. The third-order valence-corrected chi connectivity index (χ3v) is 16.1. The van der Waals surface area contributed by atoms with Crippen LogP contribution in [0.15, 0.2) is 85.1 Å². The van der Waals surface area contributed by atoms with Crippen molar-refractivity contribution < 1.29 is 37.3 Å². The predicted octanol–water partition coefficient (Wildman–Crippen LogP) is 21.1. The van der Waals surface area contributed by atoms with Gasteiger partial charge in [0.25, 0.3) is 7.82 Å². The van der Waals surface area contributed by atoms with Crippen molar-refractivity contribution in [1.29, 1.82) is 0 Å². The number of quaternary nitrogens is 1. The number of ether oxygens (including phenoxy) is 1. The average molecular weight is 1170 g/mol. The summed E-state index contributed by atoms with van der Waals surface area (Å²) < 4.78 is 30.4. The smallest absolute Gasteiger partial charge is 0.306 e. The Balaban J connectivity index is 5.15. The van der Waals surface area contributed by atoms with Crippen molar-refractivity contribution in [2.24, 2.45) is 0 Å². The van der Waals surface area contributed by atoms with Crippen LogP contribution in [0.4, 0.5) is 0 Å². The first-order chi connectivity index (χ1) is 39.9. The molecular formula is C72H131N2O7P. The van der Waals surface area contributed by atoms with Crippen LogP contribution in [0.5, 0.6) is 0 Å². The molecule has 0 rings (SSSR count). The third kappa shape index (κ3) is 61.7. The van der Waals surface area contributed by atoms with E-state index in [1.165, 1.54) is 154 Å². The Morgan fingerprint density at radius 3 is 1.17 bits per heavy atom. The number of esters is 1. The van der Waals surface area contributed by atoms with Gasteiger partial charge in [0.05, 0.1) is 33.8 Å². The number of unbranched alkanes of at least 4 members (excludes halogenated alkanes) is 34. The van der Waals surface area contributed by atoms with Gasteiger partial charge in [0.15, 0.2) is 0 Å². The molecule has 82 heavy (non-hydrogen) atoms. The molecule has 0 aromatic heterocycles. The molecule has 0 aromatic rings. The number of carbonyl (C=O) groups is 2. The highest BCUT2D eigenvalue weighted by molar-refractivity contribution is 7.45. The van der Waals surface area contributed by atoms with E-state index in [9.17, 15) is 19.0 Å². The molecule has 0 saturated heterocycles. The van der Waals surface area contributed by atoms with E-state index >= 15 is 0 Å². The van der Waals surface area contributed by atoms with Crippen LogP contribution < -0.4 is 10.2 Å². The van der Waals surface area contributed by atoms with Gasteiger partial charge in [-0.15, -0.1) is 0 Å². The number of rotatable bonds is 62. The zero-order chi connectivity index (χ0) is 60.0. The summed E-state index contributed by atoms with van der Waals surface area (Å²) in [5.74, 6) is -0.550. The molecule has 0 aliphatic heterocycles. The Kier molecular flexibility index (Phi) is 59.2. The van der Waals surface area contributed by atoms with Crippen LogP contribution in [0.3, 0.4) is 0 Å². The van der Waals surface area contributed by atoms with Gasteiger partial charge in [0.1, 0.15) is 19.3 Å². The van der Waals surface area contributed by atoms with Crippen LogP contribution in [0.2, 0.25) is 0 Å². The highest BCUT2D eigenvalue weighted by Crippen LogP contribution is 2.38. The lowest BCUT2D eigenvalue weighted by atomic mass is 10.0. The molecule has 0 aromatic carbocycles. The van der Waals surface area contributed by atoms with Gasteiger partial charge in [0, 0.05) is 12.8 Å². The van der Waals surface area contributed by atoms with E-state index in [2.05, 4.69) is 99.0 Å². The van der Waals surface area contributed by atoms with Crippen LogP contribution in [-0.2, 0) is 27.9 Å². The average Bonchev–Trinajstić information content (AvgIpc) is 3.44. The van der Waals surface area contributed by atoms with Gasteiger partial charge in [-0.3, -0.25) is 14.2 Å². The number of carbonyl (C=O) groups excluding carboxylic acids is 2. The summed E-state index contributed by atoms with van der Waals surface area (Å²) in [6.07, 6.45) is 81.3. The maximum absolute atomic E-state index is 13.6. The Labute approximate surface area is 507 Å². The number of hydrogen-bond acceptors (Lipinski definition) is 7. The number of nitrogens with zero attached hydrogens (tertiary/aromatic N) is 1. The van der Waals surface area contributed by atoms with Gasteiger partial charge in [-0.2, -0.15) is 0 Å². The van der Waals surface area contributed by atoms with E-state index in [0.29, 0.717) is 17.4 Å². The van der Waals surface area contributed by atoms with Gasteiger partial charge in [-0.05, 0) is 83.1 Å². The monoisotopic (exact) mass is 1170 g/mol. The molecule has 0 bridgehead atoms. The first kappa shape index (κ1) is 79.2. The van der Waals surface area contributed by atoms with Crippen LogP contribution in [-0.4, -0.2) is 69.4 Å². The predicted molar refractivity (Wildman–Crippen MR) is 353 cm³/mol. The summed E-state index contributed by atoms with van der Waals surface area (Å²) in [6, 6.07) is -0.899. The Hall–Kier alpha value is -2.81. The van der Waals surface area contributed by atoms with Gasteiger partial charge in [-0.1, -0.05) is 299 Å².